The van der Waals surface area contributed by atoms with Crippen molar-refractivity contribution in [2.45, 2.75) is 33.1 Å². The van der Waals surface area contributed by atoms with Crippen LogP contribution in [-0.2, 0) is 4.79 Å². The first-order valence-corrected chi connectivity index (χ1v) is 6.63. The molecule has 2 amide bonds. The van der Waals surface area contributed by atoms with Gasteiger partial charge in [-0.1, -0.05) is 6.92 Å². The number of furan rings is 1. The van der Waals surface area contributed by atoms with Crippen molar-refractivity contribution >= 4 is 11.8 Å². The quantitative estimate of drug-likeness (QED) is 0.902. The summed E-state index contributed by atoms with van der Waals surface area (Å²) < 4.78 is 5.16. The molecular formula is C14H20N2O3. The van der Waals surface area contributed by atoms with E-state index in [1.807, 2.05) is 6.92 Å². The number of aryl methyl sites for hydroxylation is 1. The van der Waals surface area contributed by atoms with Gasteiger partial charge in [0.1, 0.15) is 5.76 Å². The van der Waals surface area contributed by atoms with E-state index in [1.165, 1.54) is 6.26 Å². The molecule has 0 spiro atoms. The highest BCUT2D eigenvalue weighted by Crippen LogP contribution is 2.33. The smallest absolute Gasteiger partial charge is 0.257 e. The van der Waals surface area contributed by atoms with Crippen LogP contribution in [0.4, 0.5) is 0 Å². The van der Waals surface area contributed by atoms with Gasteiger partial charge < -0.3 is 15.1 Å². The number of amides is 2. The van der Waals surface area contributed by atoms with Crippen LogP contribution in [0.15, 0.2) is 16.7 Å². The lowest BCUT2D eigenvalue weighted by Crippen LogP contribution is -2.51. The molecular weight excluding hydrogens is 244 g/mol. The second-order valence-electron chi connectivity index (χ2n) is 5.22. The minimum Gasteiger partial charge on any atom is -0.469 e. The Morgan fingerprint density at radius 3 is 2.79 bits per heavy atom. The number of primary amides is 1. The summed E-state index contributed by atoms with van der Waals surface area (Å²) in [6.45, 7) is 4.78. The highest BCUT2D eigenvalue weighted by atomic mass is 16.3. The Kier molecular flexibility index (Phi) is 3.64. The fourth-order valence-corrected chi connectivity index (χ4v) is 2.75. The predicted molar refractivity (Wildman–Crippen MR) is 70.5 cm³/mol. The fraction of sp³-hybridized carbons (Fsp3) is 0.571. The van der Waals surface area contributed by atoms with Crippen LogP contribution in [0.1, 0.15) is 42.3 Å². The van der Waals surface area contributed by atoms with Crippen LogP contribution >= 0.6 is 0 Å². The molecule has 0 aliphatic carbocycles. The maximum Gasteiger partial charge on any atom is 0.257 e. The second kappa shape index (κ2) is 5.07. The molecule has 104 valence electrons. The fourth-order valence-electron chi connectivity index (χ4n) is 2.75. The zero-order chi connectivity index (χ0) is 14.0. The van der Waals surface area contributed by atoms with Crippen LogP contribution in [0.25, 0.3) is 0 Å². The lowest BCUT2D eigenvalue weighted by Gasteiger charge is -2.40. The normalized spacial score (nSPS) is 23.4. The molecule has 2 heterocycles. The Morgan fingerprint density at radius 2 is 2.26 bits per heavy atom. The number of carbonyl (C=O) groups is 2. The number of nitrogens with two attached hydrogens (primary N) is 1. The van der Waals surface area contributed by atoms with Gasteiger partial charge in [-0.25, -0.2) is 0 Å². The molecule has 5 nitrogen and oxygen atoms in total. The van der Waals surface area contributed by atoms with E-state index < -0.39 is 5.41 Å². The molecule has 1 fully saturated rings. The van der Waals surface area contributed by atoms with Gasteiger partial charge in [-0.05, 0) is 32.3 Å². The Bertz CT molecular complexity index is 495. The summed E-state index contributed by atoms with van der Waals surface area (Å²) in [6, 6.07) is 1.67. The average Bonchev–Trinajstić information content (AvgIpc) is 2.84. The van der Waals surface area contributed by atoms with Gasteiger partial charge >= 0.3 is 0 Å². The summed E-state index contributed by atoms with van der Waals surface area (Å²) in [4.78, 5) is 25.8. The van der Waals surface area contributed by atoms with Gasteiger partial charge in [0.25, 0.3) is 5.91 Å². The van der Waals surface area contributed by atoms with Crippen LogP contribution < -0.4 is 5.73 Å². The molecule has 1 aromatic heterocycles. The molecule has 0 saturated carbocycles. The molecule has 1 atom stereocenters. The molecule has 5 heteroatoms. The summed E-state index contributed by atoms with van der Waals surface area (Å²) in [7, 11) is 0. The van der Waals surface area contributed by atoms with Crippen molar-refractivity contribution in [3.63, 3.8) is 0 Å². The molecule has 0 aromatic carbocycles. The highest BCUT2D eigenvalue weighted by molar-refractivity contribution is 5.95. The zero-order valence-corrected chi connectivity index (χ0v) is 11.4. The minimum atomic E-state index is -0.578. The molecule has 19 heavy (non-hydrogen) atoms. The summed E-state index contributed by atoms with van der Waals surface area (Å²) >= 11 is 0. The Morgan fingerprint density at radius 1 is 1.53 bits per heavy atom. The third-order valence-electron chi connectivity index (χ3n) is 4.15. The third kappa shape index (κ3) is 2.37. The second-order valence-corrected chi connectivity index (χ2v) is 5.22. The first-order chi connectivity index (χ1) is 9.00. The lowest BCUT2D eigenvalue weighted by atomic mass is 9.77. The van der Waals surface area contributed by atoms with Crippen LogP contribution in [0.5, 0.6) is 0 Å². The van der Waals surface area contributed by atoms with Crippen molar-refractivity contribution in [3.05, 3.63) is 23.7 Å². The van der Waals surface area contributed by atoms with Crippen LogP contribution in [0, 0.1) is 12.3 Å². The van der Waals surface area contributed by atoms with Gasteiger partial charge in [0, 0.05) is 13.1 Å². The molecule has 1 aliphatic heterocycles. The van der Waals surface area contributed by atoms with E-state index in [2.05, 4.69) is 0 Å². The minimum absolute atomic E-state index is 0.0787. The molecule has 0 radical (unpaired) electrons. The predicted octanol–water partition coefficient (Wildman–Crippen LogP) is 1.71. The zero-order valence-electron chi connectivity index (χ0n) is 11.4. The van der Waals surface area contributed by atoms with E-state index in [1.54, 1.807) is 17.9 Å². The van der Waals surface area contributed by atoms with Crippen molar-refractivity contribution in [1.29, 1.82) is 0 Å². The SMILES string of the molecule is CCC1(C(N)=O)CCCN(C(=O)c2ccoc2C)C1. The molecule has 1 unspecified atom stereocenters. The number of nitrogens with zero attached hydrogens (tertiary/aromatic N) is 1. The van der Waals surface area contributed by atoms with E-state index in [4.69, 9.17) is 10.2 Å². The van der Waals surface area contributed by atoms with E-state index in [0.29, 0.717) is 30.8 Å². The summed E-state index contributed by atoms with van der Waals surface area (Å²) in [5.41, 5.74) is 5.52. The average molecular weight is 264 g/mol. The third-order valence-corrected chi connectivity index (χ3v) is 4.15. The number of hydrogen-bond acceptors (Lipinski definition) is 3. The van der Waals surface area contributed by atoms with Crippen LogP contribution in [-0.4, -0.2) is 29.8 Å². The van der Waals surface area contributed by atoms with Crippen LogP contribution in [0.2, 0.25) is 0 Å². The first kappa shape index (κ1) is 13.6. The molecule has 1 aromatic rings. The van der Waals surface area contributed by atoms with Crippen molar-refractivity contribution in [1.82, 2.24) is 4.90 Å². The number of hydrogen-bond donors (Lipinski definition) is 1. The van der Waals surface area contributed by atoms with Crippen LogP contribution in [0.3, 0.4) is 0 Å². The van der Waals surface area contributed by atoms with Gasteiger partial charge in [0.15, 0.2) is 0 Å². The van der Waals surface area contributed by atoms with E-state index in [0.717, 1.165) is 12.8 Å². The monoisotopic (exact) mass is 264 g/mol. The van der Waals surface area contributed by atoms with Gasteiger partial charge in [0.2, 0.25) is 5.91 Å². The Hall–Kier alpha value is -1.78. The van der Waals surface area contributed by atoms with Gasteiger partial charge in [-0.3, -0.25) is 9.59 Å². The topological polar surface area (TPSA) is 76.5 Å². The summed E-state index contributed by atoms with van der Waals surface area (Å²) in [6.07, 6.45) is 3.73. The number of likely N-dealkylation sites (tertiary alicyclic amines) is 1. The summed E-state index contributed by atoms with van der Waals surface area (Å²) in [5.74, 6) is 0.221. The maximum absolute atomic E-state index is 12.4. The van der Waals surface area contributed by atoms with E-state index in [-0.39, 0.29) is 11.8 Å². The largest absolute Gasteiger partial charge is 0.469 e. The Labute approximate surface area is 112 Å². The molecule has 1 aliphatic rings. The van der Waals surface area contributed by atoms with Gasteiger partial charge in [-0.2, -0.15) is 0 Å². The molecule has 1 saturated heterocycles. The first-order valence-electron chi connectivity index (χ1n) is 6.63. The Balaban J connectivity index is 2.20. The molecule has 0 bridgehead atoms. The van der Waals surface area contributed by atoms with Crippen molar-refractivity contribution < 1.29 is 14.0 Å². The van der Waals surface area contributed by atoms with Gasteiger partial charge in [-0.15, -0.1) is 0 Å². The van der Waals surface area contributed by atoms with Crippen molar-refractivity contribution in [2.24, 2.45) is 11.1 Å². The van der Waals surface area contributed by atoms with Gasteiger partial charge in [0.05, 0.1) is 17.2 Å². The summed E-state index contributed by atoms with van der Waals surface area (Å²) in [5, 5.41) is 0. The number of rotatable bonds is 3. The number of piperidine rings is 1. The lowest BCUT2D eigenvalue weighted by molar-refractivity contribution is -0.130. The standard InChI is InChI=1S/C14H20N2O3/c1-3-14(13(15)18)6-4-7-16(9-14)12(17)11-5-8-19-10(11)2/h5,8H,3-4,6-7,9H2,1-2H3,(H2,15,18). The molecule has 2 N–H and O–H groups in total. The van der Waals surface area contributed by atoms with Crippen molar-refractivity contribution in [3.8, 4) is 0 Å². The molecule has 2 rings (SSSR count). The maximum atomic E-state index is 12.4. The van der Waals surface area contributed by atoms with Crippen molar-refractivity contribution in [2.75, 3.05) is 13.1 Å². The highest BCUT2D eigenvalue weighted by Gasteiger charge is 2.41. The number of carbonyl (C=O) groups excluding carboxylic acids is 2. The van der Waals surface area contributed by atoms with E-state index >= 15 is 0 Å². The van der Waals surface area contributed by atoms with E-state index in [9.17, 15) is 9.59 Å².